The third kappa shape index (κ3) is 3.05. The van der Waals surface area contributed by atoms with Crippen molar-refractivity contribution in [2.45, 2.75) is 25.1 Å². The Morgan fingerprint density at radius 3 is 2.90 bits per heavy atom. The molecular weight excluding hydrogens is 266 g/mol. The van der Waals surface area contributed by atoms with Gasteiger partial charge in [0, 0.05) is 27.1 Å². The predicted molar refractivity (Wildman–Crippen MR) is 66.8 cm³/mol. The molecule has 2 atom stereocenters. The average Bonchev–Trinajstić information content (AvgIpc) is 3.02. The van der Waals surface area contributed by atoms with E-state index < -0.39 is 18.0 Å². The molecule has 9 nitrogen and oxygen atoms in total. The third-order valence-corrected chi connectivity index (χ3v) is 3.19. The second-order valence-corrected chi connectivity index (χ2v) is 4.59. The Hall–Kier alpha value is -2.16. The molecule has 1 aliphatic heterocycles. The minimum atomic E-state index is -1.03. The van der Waals surface area contributed by atoms with E-state index in [9.17, 15) is 9.59 Å². The quantitative estimate of drug-likeness (QED) is 0.748. The lowest BCUT2D eigenvalue weighted by Crippen LogP contribution is -2.46. The Balaban J connectivity index is 1.95. The molecule has 0 saturated carbocycles. The topological polar surface area (TPSA) is 110 Å². The van der Waals surface area contributed by atoms with Gasteiger partial charge in [-0.25, -0.2) is 14.6 Å². The zero-order valence-electron chi connectivity index (χ0n) is 11.3. The highest BCUT2D eigenvalue weighted by Gasteiger charge is 2.39. The second-order valence-electron chi connectivity index (χ2n) is 4.59. The largest absolute Gasteiger partial charge is 0.480 e. The minimum Gasteiger partial charge on any atom is -0.480 e. The van der Waals surface area contributed by atoms with E-state index in [1.54, 1.807) is 7.05 Å². The molecular formula is C11H17N5O4. The SMILES string of the molecule is COC1CC(C(=O)O)N(C(=O)NCc2ncn(C)n2)C1. The molecule has 1 fully saturated rings. The molecule has 2 amide bonds. The van der Waals surface area contributed by atoms with Gasteiger partial charge >= 0.3 is 12.0 Å². The summed E-state index contributed by atoms with van der Waals surface area (Å²) in [6, 6.07) is -1.32. The van der Waals surface area contributed by atoms with Gasteiger partial charge in [-0.05, 0) is 0 Å². The molecule has 1 aromatic heterocycles. The van der Waals surface area contributed by atoms with E-state index in [0.717, 1.165) is 0 Å². The zero-order chi connectivity index (χ0) is 14.7. The molecule has 0 radical (unpaired) electrons. The number of ether oxygens (including phenoxy) is 1. The molecule has 2 rings (SSSR count). The molecule has 20 heavy (non-hydrogen) atoms. The van der Waals surface area contributed by atoms with Gasteiger partial charge in [0.05, 0.1) is 12.6 Å². The Bertz CT molecular complexity index is 503. The highest BCUT2D eigenvalue weighted by atomic mass is 16.5. The van der Waals surface area contributed by atoms with Crippen molar-refractivity contribution in [3.05, 3.63) is 12.2 Å². The van der Waals surface area contributed by atoms with Crippen LogP contribution in [0, 0.1) is 0 Å². The van der Waals surface area contributed by atoms with Crippen LogP contribution >= 0.6 is 0 Å². The average molecular weight is 283 g/mol. The summed E-state index contributed by atoms with van der Waals surface area (Å²) in [6.07, 6.45) is 1.56. The van der Waals surface area contributed by atoms with Gasteiger partial charge in [0.25, 0.3) is 0 Å². The normalized spacial score (nSPS) is 22.0. The maximum absolute atomic E-state index is 12.0. The fourth-order valence-electron chi connectivity index (χ4n) is 2.15. The number of aryl methyl sites for hydroxylation is 1. The van der Waals surface area contributed by atoms with Gasteiger partial charge in [-0.2, -0.15) is 5.10 Å². The first-order chi connectivity index (χ1) is 9.51. The summed E-state index contributed by atoms with van der Waals surface area (Å²) in [7, 11) is 3.23. The first kappa shape index (κ1) is 14.3. The van der Waals surface area contributed by atoms with Crippen LogP contribution in [0.2, 0.25) is 0 Å². The van der Waals surface area contributed by atoms with Crippen LogP contribution in [0.5, 0.6) is 0 Å². The number of carboxylic acid groups (broad SMARTS) is 1. The molecule has 110 valence electrons. The van der Waals surface area contributed by atoms with Gasteiger partial charge in [0.1, 0.15) is 12.4 Å². The van der Waals surface area contributed by atoms with Crippen molar-refractivity contribution in [1.29, 1.82) is 0 Å². The van der Waals surface area contributed by atoms with Gasteiger partial charge in [-0.3, -0.25) is 4.68 Å². The number of carboxylic acids is 1. The number of rotatable bonds is 4. The fraction of sp³-hybridized carbons (Fsp3) is 0.636. The first-order valence-electron chi connectivity index (χ1n) is 6.16. The number of hydrogen-bond acceptors (Lipinski definition) is 5. The van der Waals surface area contributed by atoms with Crippen molar-refractivity contribution in [2.75, 3.05) is 13.7 Å². The molecule has 2 heterocycles. The van der Waals surface area contributed by atoms with E-state index in [-0.39, 0.29) is 19.2 Å². The number of nitrogens with zero attached hydrogens (tertiary/aromatic N) is 4. The monoisotopic (exact) mass is 283 g/mol. The first-order valence-corrected chi connectivity index (χ1v) is 6.16. The maximum atomic E-state index is 12.0. The van der Waals surface area contributed by atoms with Gasteiger partial charge < -0.3 is 20.1 Å². The summed E-state index contributed by atoms with van der Waals surface area (Å²) in [4.78, 5) is 28.4. The van der Waals surface area contributed by atoms with Crippen molar-refractivity contribution in [3.8, 4) is 0 Å². The molecule has 0 aliphatic carbocycles. The molecule has 2 N–H and O–H groups in total. The fourth-order valence-corrected chi connectivity index (χ4v) is 2.15. The van der Waals surface area contributed by atoms with Crippen LogP contribution in [0.1, 0.15) is 12.2 Å². The second kappa shape index (κ2) is 5.87. The van der Waals surface area contributed by atoms with Crippen LogP contribution in [-0.2, 0) is 23.1 Å². The number of methoxy groups -OCH3 is 1. The van der Waals surface area contributed by atoms with Crippen molar-refractivity contribution in [2.24, 2.45) is 7.05 Å². The van der Waals surface area contributed by atoms with Crippen LogP contribution in [0.3, 0.4) is 0 Å². The van der Waals surface area contributed by atoms with E-state index >= 15 is 0 Å². The van der Waals surface area contributed by atoms with E-state index in [1.165, 1.54) is 23.0 Å². The number of aromatic nitrogens is 3. The highest BCUT2D eigenvalue weighted by Crippen LogP contribution is 2.20. The molecule has 1 aliphatic rings. The summed E-state index contributed by atoms with van der Waals surface area (Å²) >= 11 is 0. The summed E-state index contributed by atoms with van der Waals surface area (Å²) in [5.41, 5.74) is 0. The maximum Gasteiger partial charge on any atom is 0.326 e. The number of carbonyl (C=O) groups is 2. The molecule has 1 saturated heterocycles. The van der Waals surface area contributed by atoms with Crippen LogP contribution in [0.4, 0.5) is 4.79 Å². The van der Waals surface area contributed by atoms with Crippen LogP contribution in [0.15, 0.2) is 6.33 Å². The summed E-state index contributed by atoms with van der Waals surface area (Å²) < 4.78 is 6.65. The number of aliphatic carboxylic acids is 1. The minimum absolute atomic E-state index is 0.153. The van der Waals surface area contributed by atoms with Crippen LogP contribution in [0.25, 0.3) is 0 Å². The number of likely N-dealkylation sites (tertiary alicyclic amines) is 1. The summed E-state index contributed by atoms with van der Waals surface area (Å²) in [6.45, 7) is 0.412. The molecule has 9 heteroatoms. The number of nitrogens with one attached hydrogen (secondary N) is 1. The standard InChI is InChI=1S/C11H17N5O4/c1-15-6-13-9(14-15)4-12-11(19)16-5-7(20-2)3-8(16)10(17)18/h6-8H,3-5H2,1-2H3,(H,12,19)(H,17,18). The van der Waals surface area contributed by atoms with Crippen molar-refractivity contribution >= 4 is 12.0 Å². The molecule has 0 bridgehead atoms. The van der Waals surface area contributed by atoms with Gasteiger partial charge in [-0.1, -0.05) is 0 Å². The van der Waals surface area contributed by atoms with Gasteiger partial charge in [-0.15, -0.1) is 0 Å². The molecule has 0 spiro atoms. The van der Waals surface area contributed by atoms with E-state index in [2.05, 4.69) is 15.4 Å². The lowest BCUT2D eigenvalue weighted by Gasteiger charge is -2.21. The van der Waals surface area contributed by atoms with Crippen molar-refractivity contribution in [1.82, 2.24) is 25.0 Å². The lowest BCUT2D eigenvalue weighted by molar-refractivity contribution is -0.141. The van der Waals surface area contributed by atoms with Crippen molar-refractivity contribution < 1.29 is 19.4 Å². The number of urea groups is 1. The van der Waals surface area contributed by atoms with E-state index in [4.69, 9.17) is 9.84 Å². The Morgan fingerprint density at radius 2 is 2.35 bits per heavy atom. The zero-order valence-corrected chi connectivity index (χ0v) is 11.3. The Labute approximate surface area is 115 Å². The highest BCUT2D eigenvalue weighted by molar-refractivity contribution is 5.83. The Kier molecular flexibility index (Phi) is 4.18. The number of carbonyl (C=O) groups excluding carboxylic acids is 1. The summed E-state index contributed by atoms with van der Waals surface area (Å²) in [5, 5.41) is 15.8. The van der Waals surface area contributed by atoms with Gasteiger partial charge in [0.15, 0.2) is 5.82 Å². The number of amides is 2. The van der Waals surface area contributed by atoms with E-state index in [0.29, 0.717) is 12.2 Å². The van der Waals surface area contributed by atoms with Crippen molar-refractivity contribution in [3.63, 3.8) is 0 Å². The van der Waals surface area contributed by atoms with E-state index in [1.807, 2.05) is 0 Å². The third-order valence-electron chi connectivity index (χ3n) is 3.19. The number of hydrogen-bond donors (Lipinski definition) is 2. The smallest absolute Gasteiger partial charge is 0.326 e. The Morgan fingerprint density at radius 1 is 1.60 bits per heavy atom. The summed E-state index contributed by atoms with van der Waals surface area (Å²) in [5.74, 6) is -0.564. The predicted octanol–water partition coefficient (Wildman–Crippen LogP) is -0.801. The lowest BCUT2D eigenvalue weighted by atomic mass is 10.2. The molecule has 0 aromatic carbocycles. The molecule has 1 aromatic rings. The van der Waals surface area contributed by atoms with Crippen LogP contribution in [-0.4, -0.2) is 62.6 Å². The van der Waals surface area contributed by atoms with Crippen LogP contribution < -0.4 is 5.32 Å². The van der Waals surface area contributed by atoms with Gasteiger partial charge in [0.2, 0.25) is 0 Å². The molecule has 2 unspecified atom stereocenters.